The molecule has 2 aromatic heterocycles. The van der Waals surface area contributed by atoms with E-state index in [0.717, 1.165) is 58.5 Å². The minimum absolute atomic E-state index is 0.134. The van der Waals surface area contributed by atoms with Gasteiger partial charge in [0.05, 0.1) is 41.7 Å². The van der Waals surface area contributed by atoms with Gasteiger partial charge in [-0.2, -0.15) is 5.10 Å². The second-order valence-corrected chi connectivity index (χ2v) is 9.42. The van der Waals surface area contributed by atoms with Crippen molar-refractivity contribution >= 4 is 44.2 Å². The molecule has 7 nitrogen and oxygen atoms in total. The van der Waals surface area contributed by atoms with Gasteiger partial charge in [0.1, 0.15) is 0 Å². The average molecular weight is 484 g/mol. The lowest BCUT2D eigenvalue weighted by Gasteiger charge is -2.30. The van der Waals surface area contributed by atoms with E-state index in [-0.39, 0.29) is 11.9 Å². The van der Waals surface area contributed by atoms with Crippen LogP contribution in [-0.2, 0) is 4.74 Å². The molecule has 31 heavy (non-hydrogen) atoms. The first-order valence-corrected chi connectivity index (χ1v) is 11.6. The Bertz CT molecular complexity index is 1130. The van der Waals surface area contributed by atoms with Crippen molar-refractivity contribution in [3.8, 4) is 0 Å². The van der Waals surface area contributed by atoms with Crippen LogP contribution in [-0.4, -0.2) is 47.0 Å². The minimum Gasteiger partial charge on any atom is -0.378 e. The van der Waals surface area contributed by atoms with E-state index in [2.05, 4.69) is 45.1 Å². The third-order valence-electron chi connectivity index (χ3n) is 5.87. The van der Waals surface area contributed by atoms with Gasteiger partial charge in [0, 0.05) is 35.2 Å². The molecule has 0 atom stereocenters. The van der Waals surface area contributed by atoms with Gasteiger partial charge in [-0.25, -0.2) is 9.67 Å². The summed E-state index contributed by atoms with van der Waals surface area (Å²) in [4.78, 5) is 20.6. The molecule has 1 saturated heterocycles. The van der Waals surface area contributed by atoms with Gasteiger partial charge in [-0.3, -0.25) is 4.79 Å². The first kappa shape index (κ1) is 20.5. The van der Waals surface area contributed by atoms with Gasteiger partial charge in [0.2, 0.25) is 0 Å². The molecule has 8 heteroatoms. The molecule has 2 aliphatic rings. The van der Waals surface area contributed by atoms with Crippen molar-refractivity contribution in [2.24, 2.45) is 0 Å². The zero-order chi connectivity index (χ0) is 21.5. The number of benzene rings is 1. The number of pyridine rings is 1. The van der Waals surface area contributed by atoms with Crippen molar-refractivity contribution in [3.63, 3.8) is 0 Å². The predicted octanol–water partition coefficient (Wildman–Crippen LogP) is 4.74. The number of fused-ring (bicyclic) bond motifs is 1. The number of carbonyl (C=O) groups excluding carboxylic acids is 1. The summed E-state index contributed by atoms with van der Waals surface area (Å²) in [5.41, 5.74) is 4.20. The summed E-state index contributed by atoms with van der Waals surface area (Å²) in [7, 11) is 0. The number of amides is 1. The summed E-state index contributed by atoms with van der Waals surface area (Å²) < 4.78 is 8.31. The Morgan fingerprint density at radius 1 is 1.23 bits per heavy atom. The van der Waals surface area contributed by atoms with E-state index in [1.54, 1.807) is 6.20 Å². The molecule has 1 aliphatic carbocycles. The minimum atomic E-state index is -0.134. The second-order valence-electron chi connectivity index (χ2n) is 8.50. The third kappa shape index (κ3) is 4.06. The highest BCUT2D eigenvalue weighted by molar-refractivity contribution is 9.10. The molecular weight excluding hydrogens is 458 g/mol. The predicted molar refractivity (Wildman–Crippen MR) is 125 cm³/mol. The first-order valence-electron chi connectivity index (χ1n) is 10.8. The number of hydrogen-bond donors (Lipinski definition) is 1. The summed E-state index contributed by atoms with van der Waals surface area (Å²) in [6.45, 7) is 7.14. The van der Waals surface area contributed by atoms with Crippen LogP contribution < -0.4 is 10.2 Å². The number of morpholine rings is 1. The Balaban J connectivity index is 1.53. The van der Waals surface area contributed by atoms with Crippen molar-refractivity contribution in [3.05, 3.63) is 46.2 Å². The second kappa shape index (κ2) is 8.24. The molecule has 1 aliphatic heterocycles. The van der Waals surface area contributed by atoms with Crippen molar-refractivity contribution in [1.82, 2.24) is 14.8 Å². The molecule has 2 fully saturated rings. The van der Waals surface area contributed by atoms with Gasteiger partial charge < -0.3 is 15.0 Å². The van der Waals surface area contributed by atoms with Gasteiger partial charge in [-0.15, -0.1) is 0 Å². The molecule has 3 aromatic rings. The van der Waals surface area contributed by atoms with Crippen LogP contribution in [0.5, 0.6) is 0 Å². The summed E-state index contributed by atoms with van der Waals surface area (Å²) in [5.74, 6) is 0.312. The van der Waals surface area contributed by atoms with Crippen molar-refractivity contribution in [2.75, 3.05) is 36.5 Å². The van der Waals surface area contributed by atoms with Crippen LogP contribution in [0.25, 0.3) is 11.0 Å². The van der Waals surface area contributed by atoms with Crippen LogP contribution in [0.4, 0.5) is 11.4 Å². The largest absolute Gasteiger partial charge is 0.378 e. The smallest absolute Gasteiger partial charge is 0.256 e. The van der Waals surface area contributed by atoms with Crippen molar-refractivity contribution in [2.45, 2.75) is 38.6 Å². The topological polar surface area (TPSA) is 72.3 Å². The fraction of sp³-hybridized carbons (Fsp3) is 0.435. The van der Waals surface area contributed by atoms with Crippen LogP contribution in [0.2, 0.25) is 0 Å². The zero-order valence-electron chi connectivity index (χ0n) is 17.8. The number of ether oxygens (including phenoxy) is 1. The van der Waals surface area contributed by atoms with E-state index >= 15 is 0 Å². The Hall–Kier alpha value is -2.45. The van der Waals surface area contributed by atoms with Crippen LogP contribution in [0.15, 0.2) is 34.9 Å². The Morgan fingerprint density at radius 2 is 2.00 bits per heavy atom. The highest BCUT2D eigenvalue weighted by Crippen LogP contribution is 2.40. The molecular formula is C23H26BrN5O2. The monoisotopic (exact) mass is 483 g/mol. The lowest BCUT2D eigenvalue weighted by Crippen LogP contribution is -2.36. The standard InChI is InChI=1S/C23H26BrN5O2/c1-14(2)29-22-18(13-25-29)17(12-19(26-22)15-3-4-15)23(30)27-20-11-16(24)5-6-21(20)28-7-9-31-10-8-28/h5-6,11-15H,3-4,7-10H2,1-2H3,(H,27,30). The van der Waals surface area contributed by atoms with E-state index in [1.165, 1.54) is 0 Å². The quantitative estimate of drug-likeness (QED) is 0.567. The van der Waals surface area contributed by atoms with Crippen molar-refractivity contribution < 1.29 is 9.53 Å². The molecule has 0 bridgehead atoms. The van der Waals surface area contributed by atoms with Crippen LogP contribution in [0.1, 0.15) is 54.7 Å². The Morgan fingerprint density at radius 3 is 2.71 bits per heavy atom. The number of rotatable bonds is 5. The first-order chi connectivity index (χ1) is 15.0. The summed E-state index contributed by atoms with van der Waals surface area (Å²) >= 11 is 3.55. The number of nitrogens with zero attached hydrogens (tertiary/aromatic N) is 4. The zero-order valence-corrected chi connectivity index (χ0v) is 19.4. The molecule has 1 aromatic carbocycles. The summed E-state index contributed by atoms with van der Waals surface area (Å²) in [6, 6.07) is 8.13. The Labute approximate surface area is 189 Å². The maximum absolute atomic E-state index is 13.5. The van der Waals surface area contributed by atoms with Crippen LogP contribution >= 0.6 is 15.9 Å². The molecule has 3 heterocycles. The molecule has 1 N–H and O–H groups in total. The third-order valence-corrected chi connectivity index (χ3v) is 6.37. The number of aromatic nitrogens is 3. The molecule has 0 unspecified atom stereocenters. The summed E-state index contributed by atoms with van der Waals surface area (Å²) in [6.07, 6.45) is 4.02. The summed E-state index contributed by atoms with van der Waals surface area (Å²) in [5, 5.41) is 8.47. The van der Waals surface area contributed by atoms with Gasteiger partial charge in [0.25, 0.3) is 5.91 Å². The fourth-order valence-corrected chi connectivity index (χ4v) is 4.43. The Kier molecular flexibility index (Phi) is 5.44. The fourth-order valence-electron chi connectivity index (χ4n) is 4.07. The maximum atomic E-state index is 13.5. The molecule has 1 saturated carbocycles. The average Bonchev–Trinajstić information content (AvgIpc) is 3.52. The van der Waals surface area contributed by atoms with Gasteiger partial charge in [-0.05, 0) is 51.0 Å². The van der Waals surface area contributed by atoms with Crippen LogP contribution in [0, 0.1) is 0 Å². The highest BCUT2D eigenvalue weighted by Gasteiger charge is 2.28. The van der Waals surface area contributed by atoms with Crippen molar-refractivity contribution in [1.29, 1.82) is 0 Å². The number of halogens is 1. The lowest BCUT2D eigenvalue weighted by molar-refractivity contribution is 0.102. The van der Waals surface area contributed by atoms with E-state index in [1.807, 2.05) is 28.9 Å². The van der Waals surface area contributed by atoms with Gasteiger partial charge in [0.15, 0.2) is 5.65 Å². The van der Waals surface area contributed by atoms with Gasteiger partial charge >= 0.3 is 0 Å². The molecule has 0 radical (unpaired) electrons. The van der Waals surface area contributed by atoms with E-state index < -0.39 is 0 Å². The number of carbonyl (C=O) groups is 1. The molecule has 162 valence electrons. The number of hydrogen-bond acceptors (Lipinski definition) is 5. The highest BCUT2D eigenvalue weighted by atomic mass is 79.9. The molecule has 5 rings (SSSR count). The SMILES string of the molecule is CC(C)n1ncc2c(C(=O)Nc3cc(Br)ccc3N3CCOCC3)cc(C3CC3)nc21. The van der Waals surface area contributed by atoms with Gasteiger partial charge in [-0.1, -0.05) is 15.9 Å². The lowest BCUT2D eigenvalue weighted by atomic mass is 10.1. The normalized spacial score (nSPS) is 16.8. The van der Waals surface area contributed by atoms with E-state index in [9.17, 15) is 4.79 Å². The van der Waals surface area contributed by atoms with E-state index in [0.29, 0.717) is 24.7 Å². The maximum Gasteiger partial charge on any atom is 0.256 e. The van der Waals surface area contributed by atoms with Crippen LogP contribution in [0.3, 0.4) is 0 Å². The molecule has 0 spiro atoms. The number of nitrogens with one attached hydrogen (secondary N) is 1. The molecule has 1 amide bonds. The van der Waals surface area contributed by atoms with E-state index in [4.69, 9.17) is 9.72 Å². The number of anilines is 2.